The summed E-state index contributed by atoms with van der Waals surface area (Å²) in [4.78, 5) is 14.7. The molecule has 46 heavy (non-hydrogen) atoms. The molecule has 0 N–H and O–H groups in total. The molecule has 0 bridgehead atoms. The first-order chi connectivity index (χ1) is 22.4. The van der Waals surface area contributed by atoms with Crippen LogP contribution in [0.2, 0.25) is 20.1 Å². The summed E-state index contributed by atoms with van der Waals surface area (Å²) < 4.78 is 0. The molecule has 0 saturated carbocycles. The first-order valence-electron chi connectivity index (χ1n) is 13.9. The van der Waals surface area contributed by atoms with E-state index in [9.17, 15) is 0 Å². The Bertz CT molecular complexity index is 2020. The molecular weight excluding hydrogens is 660 g/mol. The van der Waals surface area contributed by atoms with E-state index in [1.54, 1.807) is 48.5 Å². The maximum atomic E-state index is 6.18. The molecule has 0 saturated heterocycles. The fourth-order valence-electron chi connectivity index (χ4n) is 4.78. The van der Waals surface area contributed by atoms with Crippen LogP contribution in [0.15, 0.2) is 115 Å². The van der Waals surface area contributed by atoms with Crippen LogP contribution in [0.1, 0.15) is 0 Å². The van der Waals surface area contributed by atoms with Gasteiger partial charge in [-0.25, -0.2) is 15.0 Å². The largest absolute Gasteiger partial charge is 0.241 e. The van der Waals surface area contributed by atoms with Crippen molar-refractivity contribution in [3.8, 4) is 68.1 Å². The fraction of sp³-hybridized carbons (Fsp3) is 0. The monoisotopic (exact) mass is 677 g/mol. The topological polar surface area (TPSA) is 90.2 Å². The van der Waals surface area contributed by atoms with Gasteiger partial charge in [-0.3, -0.25) is 0 Å². The molecule has 7 nitrogen and oxygen atoms in total. The molecule has 0 aliphatic heterocycles. The van der Waals surface area contributed by atoms with Gasteiger partial charge in [0.15, 0.2) is 0 Å². The second-order valence-corrected chi connectivity index (χ2v) is 11.8. The van der Waals surface area contributed by atoms with Gasteiger partial charge in [-0.15, -0.1) is 20.4 Å². The quantitative estimate of drug-likeness (QED) is 0.173. The predicted molar refractivity (Wildman–Crippen MR) is 184 cm³/mol. The molecule has 222 valence electrons. The highest BCUT2D eigenvalue weighted by atomic mass is 35.5. The molecule has 0 aliphatic rings. The van der Waals surface area contributed by atoms with Crippen molar-refractivity contribution in [2.75, 3.05) is 0 Å². The van der Waals surface area contributed by atoms with E-state index in [1.165, 1.54) is 0 Å². The van der Waals surface area contributed by atoms with Gasteiger partial charge in [-0.2, -0.15) is 0 Å². The zero-order valence-electron chi connectivity index (χ0n) is 23.6. The van der Waals surface area contributed by atoms with E-state index in [2.05, 4.69) is 20.4 Å². The average Bonchev–Trinajstić information content (AvgIpc) is 3.09. The van der Waals surface area contributed by atoms with Crippen LogP contribution in [0, 0.1) is 0 Å². The summed E-state index contributed by atoms with van der Waals surface area (Å²) in [6.45, 7) is 0. The summed E-state index contributed by atoms with van der Waals surface area (Å²) in [5.41, 5.74) is 6.67. The van der Waals surface area contributed by atoms with Crippen molar-refractivity contribution < 1.29 is 0 Å². The molecule has 3 heterocycles. The van der Waals surface area contributed by atoms with Gasteiger partial charge in [0.05, 0.1) is 0 Å². The second kappa shape index (κ2) is 12.9. The normalized spacial score (nSPS) is 11.0. The number of nitrogens with zero attached hydrogens (tertiary/aromatic N) is 7. The van der Waals surface area contributed by atoms with Gasteiger partial charge in [0.1, 0.15) is 34.2 Å². The molecule has 4 aromatic carbocycles. The highest BCUT2D eigenvalue weighted by Crippen LogP contribution is 2.33. The minimum absolute atomic E-state index is 0.327. The lowest BCUT2D eigenvalue weighted by atomic mass is 10.0. The Morgan fingerprint density at radius 1 is 0.304 bits per heavy atom. The Hall–Kier alpha value is -4.79. The molecule has 0 amide bonds. The highest BCUT2D eigenvalue weighted by molar-refractivity contribution is 6.31. The number of benzene rings is 4. The fourth-order valence-corrected chi connectivity index (χ4v) is 5.28. The Balaban J connectivity index is 1.32. The molecule has 0 spiro atoms. The summed E-state index contributed by atoms with van der Waals surface area (Å²) in [5.74, 6) is 0.654. The third kappa shape index (κ3) is 6.32. The van der Waals surface area contributed by atoms with E-state index in [-0.39, 0.29) is 0 Å². The lowest BCUT2D eigenvalue weighted by Crippen LogP contribution is -2.03. The first-order valence-corrected chi connectivity index (χ1v) is 15.4. The van der Waals surface area contributed by atoms with Crippen LogP contribution in [-0.2, 0) is 0 Å². The Labute approximate surface area is 283 Å². The van der Waals surface area contributed by atoms with Gasteiger partial charge >= 0.3 is 0 Å². The van der Waals surface area contributed by atoms with E-state index in [0.717, 1.165) is 22.3 Å². The first kappa shape index (κ1) is 29.9. The van der Waals surface area contributed by atoms with Crippen LogP contribution in [0.4, 0.5) is 0 Å². The average molecular weight is 679 g/mol. The third-order valence-electron chi connectivity index (χ3n) is 7.05. The number of hydrogen-bond donors (Lipinski definition) is 0. The molecule has 0 fully saturated rings. The van der Waals surface area contributed by atoms with Gasteiger partial charge in [-0.1, -0.05) is 101 Å². The molecule has 7 rings (SSSR count). The molecule has 0 aliphatic carbocycles. The Morgan fingerprint density at radius 3 is 0.935 bits per heavy atom. The third-order valence-corrected chi connectivity index (χ3v) is 8.06. The summed E-state index contributed by atoms with van der Waals surface area (Å²) in [5, 5.41) is 20.5. The summed E-state index contributed by atoms with van der Waals surface area (Å²) >= 11 is 24.6. The van der Waals surface area contributed by atoms with Crippen molar-refractivity contribution in [3.63, 3.8) is 0 Å². The van der Waals surface area contributed by atoms with Gasteiger partial charge < -0.3 is 0 Å². The van der Waals surface area contributed by atoms with Crippen molar-refractivity contribution >= 4 is 46.4 Å². The van der Waals surface area contributed by atoms with Crippen molar-refractivity contribution in [2.45, 2.75) is 0 Å². The van der Waals surface area contributed by atoms with Crippen LogP contribution in [0.25, 0.3) is 68.1 Å². The molecule has 0 unspecified atom stereocenters. The molecule has 7 aromatic rings. The van der Waals surface area contributed by atoms with Crippen LogP contribution in [-0.4, -0.2) is 35.3 Å². The summed E-state index contributed by atoms with van der Waals surface area (Å²) in [7, 11) is 0. The number of hydrogen-bond acceptors (Lipinski definition) is 7. The van der Waals surface area contributed by atoms with Crippen molar-refractivity contribution in [3.05, 3.63) is 135 Å². The van der Waals surface area contributed by atoms with Crippen LogP contribution in [0.3, 0.4) is 0 Å². The standard InChI is InChI=1S/C35H19Cl4N7/c36-24-12-4-20(5-13-24)30-32(22-8-16-26(38)17-9-22)43-45-34(41-30)28-2-1-3-29(40-28)35-42-31(21-6-14-25(37)15-7-21)33(44-46-35)23-10-18-27(39)19-11-23/h1-19H. The summed E-state index contributed by atoms with van der Waals surface area (Å²) in [6.07, 6.45) is 0. The lowest BCUT2D eigenvalue weighted by Gasteiger charge is -2.11. The number of rotatable bonds is 6. The predicted octanol–water partition coefficient (Wildman–Crippen LogP) is 10.1. The van der Waals surface area contributed by atoms with Gasteiger partial charge in [0, 0.05) is 42.3 Å². The molecule has 11 heteroatoms. The zero-order valence-corrected chi connectivity index (χ0v) is 26.6. The van der Waals surface area contributed by atoms with E-state index in [1.807, 2.05) is 66.7 Å². The smallest absolute Gasteiger partial charge is 0.201 e. The van der Waals surface area contributed by atoms with Crippen molar-refractivity contribution in [1.82, 2.24) is 35.3 Å². The second-order valence-electron chi connectivity index (χ2n) is 10.1. The van der Waals surface area contributed by atoms with Crippen LogP contribution in [0.5, 0.6) is 0 Å². The van der Waals surface area contributed by atoms with Crippen molar-refractivity contribution in [1.29, 1.82) is 0 Å². The van der Waals surface area contributed by atoms with Crippen LogP contribution >= 0.6 is 46.4 Å². The Kier molecular flexibility index (Phi) is 8.39. The number of halogens is 4. The van der Waals surface area contributed by atoms with E-state index < -0.39 is 0 Å². The molecule has 0 atom stereocenters. The molecular formula is C35H19Cl4N7. The Morgan fingerprint density at radius 2 is 0.609 bits per heavy atom. The molecule has 0 radical (unpaired) electrons. The van der Waals surface area contributed by atoms with Crippen molar-refractivity contribution in [2.24, 2.45) is 0 Å². The van der Waals surface area contributed by atoms with Gasteiger partial charge in [0.2, 0.25) is 11.6 Å². The highest BCUT2D eigenvalue weighted by Gasteiger charge is 2.19. The zero-order chi connectivity index (χ0) is 31.6. The summed E-state index contributed by atoms with van der Waals surface area (Å²) in [6, 6.07) is 34.9. The lowest BCUT2D eigenvalue weighted by molar-refractivity contribution is 0.968. The number of aromatic nitrogens is 7. The minimum Gasteiger partial charge on any atom is -0.241 e. The number of pyridine rings is 1. The SMILES string of the molecule is Clc1ccc(-c2nnc(-c3cccc(-c4nnc(-c5ccc(Cl)cc5)c(-c5ccc(Cl)cc5)n4)n3)nc2-c2ccc(Cl)cc2)cc1. The van der Waals surface area contributed by atoms with Gasteiger partial charge in [0.25, 0.3) is 0 Å². The van der Waals surface area contributed by atoms with Gasteiger partial charge in [-0.05, 0) is 60.7 Å². The van der Waals surface area contributed by atoms with E-state index >= 15 is 0 Å². The van der Waals surface area contributed by atoms with Crippen LogP contribution < -0.4 is 0 Å². The van der Waals surface area contributed by atoms with E-state index in [0.29, 0.717) is 65.9 Å². The van der Waals surface area contributed by atoms with E-state index in [4.69, 9.17) is 61.4 Å². The minimum atomic E-state index is 0.327. The maximum absolute atomic E-state index is 6.18. The maximum Gasteiger partial charge on any atom is 0.201 e. The molecule has 3 aromatic heterocycles.